The Morgan fingerprint density at radius 3 is 2.57 bits per heavy atom. The van der Waals surface area contributed by atoms with Gasteiger partial charge in [0.1, 0.15) is 0 Å². The van der Waals surface area contributed by atoms with Gasteiger partial charge in [-0.15, -0.1) is 0 Å². The fourth-order valence-corrected chi connectivity index (χ4v) is 3.21. The van der Waals surface area contributed by atoms with Gasteiger partial charge in [0, 0.05) is 19.5 Å². The summed E-state index contributed by atoms with van der Waals surface area (Å²) in [5.41, 5.74) is 1.45. The third kappa shape index (κ3) is 7.17. The molecule has 0 unspecified atom stereocenters. The molecule has 1 saturated heterocycles. The highest BCUT2D eigenvalue weighted by Crippen LogP contribution is 2.21. The van der Waals surface area contributed by atoms with Crippen molar-refractivity contribution in [3.05, 3.63) is 35.9 Å². The maximum absolute atomic E-state index is 11.8. The van der Waals surface area contributed by atoms with Crippen LogP contribution in [0.3, 0.4) is 0 Å². The smallest absolute Gasteiger partial charge is 0.221 e. The zero-order valence-corrected chi connectivity index (χ0v) is 14.8. The van der Waals surface area contributed by atoms with Crippen molar-refractivity contribution in [1.82, 2.24) is 10.2 Å². The molecule has 0 bridgehead atoms. The highest BCUT2D eigenvalue weighted by Gasteiger charge is 2.19. The number of rotatable bonds is 8. The number of piperidine rings is 1. The molecule has 1 N–H and O–H groups in total. The Morgan fingerprint density at radius 1 is 1.22 bits per heavy atom. The summed E-state index contributed by atoms with van der Waals surface area (Å²) in [5.74, 6) is 1.66. The van der Waals surface area contributed by atoms with Gasteiger partial charge in [-0.25, -0.2) is 0 Å². The third-order valence-corrected chi connectivity index (χ3v) is 4.77. The monoisotopic (exact) mass is 316 g/mol. The van der Waals surface area contributed by atoms with Crippen LogP contribution in [-0.2, 0) is 11.2 Å². The van der Waals surface area contributed by atoms with Gasteiger partial charge < -0.3 is 10.2 Å². The summed E-state index contributed by atoms with van der Waals surface area (Å²) in [4.78, 5) is 14.3. The average molecular weight is 316 g/mol. The number of nitrogens with one attached hydrogen (secondary N) is 1. The molecule has 1 amide bonds. The van der Waals surface area contributed by atoms with Gasteiger partial charge in [-0.1, -0.05) is 44.2 Å². The minimum atomic E-state index is 0.206. The molecule has 2 rings (SSSR count). The Morgan fingerprint density at radius 2 is 1.91 bits per heavy atom. The van der Waals surface area contributed by atoms with E-state index in [4.69, 9.17) is 0 Å². The maximum Gasteiger partial charge on any atom is 0.221 e. The van der Waals surface area contributed by atoms with Crippen molar-refractivity contribution >= 4 is 5.91 Å². The molecule has 23 heavy (non-hydrogen) atoms. The van der Waals surface area contributed by atoms with Gasteiger partial charge in [-0.05, 0) is 56.2 Å². The van der Waals surface area contributed by atoms with E-state index < -0.39 is 0 Å². The maximum atomic E-state index is 11.8. The number of carbonyl (C=O) groups excluding carboxylic acids is 1. The molecule has 0 aromatic heterocycles. The van der Waals surface area contributed by atoms with E-state index in [9.17, 15) is 4.79 Å². The summed E-state index contributed by atoms with van der Waals surface area (Å²) >= 11 is 0. The molecule has 3 nitrogen and oxygen atoms in total. The van der Waals surface area contributed by atoms with Crippen LogP contribution in [-0.4, -0.2) is 37.0 Å². The molecule has 0 radical (unpaired) electrons. The van der Waals surface area contributed by atoms with Gasteiger partial charge in [0.15, 0.2) is 0 Å². The molecular formula is C20H32N2O. The summed E-state index contributed by atoms with van der Waals surface area (Å²) in [5, 5.41) is 3.03. The van der Waals surface area contributed by atoms with E-state index in [0.717, 1.165) is 38.5 Å². The number of benzene rings is 1. The molecule has 1 aromatic carbocycles. The first-order valence-electron chi connectivity index (χ1n) is 9.16. The molecule has 1 heterocycles. The molecule has 1 aliphatic heterocycles. The van der Waals surface area contributed by atoms with E-state index in [0.29, 0.717) is 12.3 Å². The predicted octanol–water partition coefficient (Wildman–Crippen LogP) is 3.49. The van der Waals surface area contributed by atoms with Gasteiger partial charge in [-0.3, -0.25) is 4.79 Å². The number of carbonyl (C=O) groups is 1. The third-order valence-electron chi connectivity index (χ3n) is 4.77. The summed E-state index contributed by atoms with van der Waals surface area (Å²) in [6.07, 6.45) is 5.41. The summed E-state index contributed by atoms with van der Waals surface area (Å²) in [7, 11) is 0. The Kier molecular flexibility index (Phi) is 7.60. The van der Waals surface area contributed by atoms with Gasteiger partial charge in [-0.2, -0.15) is 0 Å². The molecule has 128 valence electrons. The Labute approximate surface area is 141 Å². The normalized spacial score (nSPS) is 16.7. The molecule has 0 aliphatic carbocycles. The molecule has 1 aromatic rings. The minimum Gasteiger partial charge on any atom is -0.356 e. The topological polar surface area (TPSA) is 32.3 Å². The molecule has 1 aliphatic rings. The highest BCUT2D eigenvalue weighted by molar-refractivity contribution is 5.76. The molecule has 0 saturated carbocycles. The highest BCUT2D eigenvalue weighted by atomic mass is 16.1. The Balaban J connectivity index is 1.58. The van der Waals surface area contributed by atoms with E-state index >= 15 is 0 Å². The zero-order chi connectivity index (χ0) is 16.5. The fourth-order valence-electron chi connectivity index (χ4n) is 3.21. The van der Waals surface area contributed by atoms with E-state index in [1.807, 2.05) is 0 Å². The van der Waals surface area contributed by atoms with E-state index in [2.05, 4.69) is 54.4 Å². The number of hydrogen-bond donors (Lipinski definition) is 1. The number of nitrogens with zero attached hydrogens (tertiary/aromatic N) is 1. The largest absolute Gasteiger partial charge is 0.356 e. The molecule has 1 fully saturated rings. The van der Waals surface area contributed by atoms with Crippen molar-refractivity contribution in [2.75, 3.05) is 26.2 Å². The standard InChI is InChI=1S/C20H32N2O/c1-17(2)8-12-21-20(23)11-15-22-13-9-19(10-14-22)16-18-6-4-3-5-7-18/h3-7,17,19H,8-16H2,1-2H3,(H,21,23). The van der Waals surface area contributed by atoms with Crippen LogP contribution in [0.5, 0.6) is 0 Å². The Hall–Kier alpha value is -1.35. The van der Waals surface area contributed by atoms with Crippen molar-refractivity contribution in [3.63, 3.8) is 0 Å². The molecule has 3 heteroatoms. The van der Waals surface area contributed by atoms with Gasteiger partial charge in [0.05, 0.1) is 0 Å². The van der Waals surface area contributed by atoms with Crippen LogP contribution >= 0.6 is 0 Å². The van der Waals surface area contributed by atoms with E-state index in [1.54, 1.807) is 0 Å². The minimum absolute atomic E-state index is 0.206. The fraction of sp³-hybridized carbons (Fsp3) is 0.650. The second-order valence-corrected chi connectivity index (χ2v) is 7.26. The van der Waals surface area contributed by atoms with Crippen LogP contribution in [0.25, 0.3) is 0 Å². The lowest BCUT2D eigenvalue weighted by atomic mass is 9.90. The first-order valence-corrected chi connectivity index (χ1v) is 9.16. The lowest BCUT2D eigenvalue weighted by Gasteiger charge is -2.31. The van der Waals surface area contributed by atoms with Crippen LogP contribution in [0.2, 0.25) is 0 Å². The first kappa shape index (κ1) is 18.0. The molecular weight excluding hydrogens is 284 g/mol. The lowest BCUT2D eigenvalue weighted by Crippen LogP contribution is -2.37. The van der Waals surface area contributed by atoms with Crippen LogP contribution in [0.4, 0.5) is 0 Å². The number of hydrogen-bond acceptors (Lipinski definition) is 2. The summed E-state index contributed by atoms with van der Waals surface area (Å²) in [6, 6.07) is 10.8. The van der Waals surface area contributed by atoms with Gasteiger partial charge >= 0.3 is 0 Å². The van der Waals surface area contributed by atoms with Crippen LogP contribution in [0.1, 0.15) is 45.1 Å². The number of likely N-dealkylation sites (tertiary alicyclic amines) is 1. The SMILES string of the molecule is CC(C)CCNC(=O)CCN1CCC(Cc2ccccc2)CC1. The second-order valence-electron chi connectivity index (χ2n) is 7.26. The van der Waals surface area contributed by atoms with Crippen LogP contribution in [0.15, 0.2) is 30.3 Å². The molecule has 0 spiro atoms. The molecule has 0 atom stereocenters. The lowest BCUT2D eigenvalue weighted by molar-refractivity contribution is -0.121. The zero-order valence-electron chi connectivity index (χ0n) is 14.8. The van der Waals surface area contributed by atoms with Crippen molar-refractivity contribution in [3.8, 4) is 0 Å². The second kappa shape index (κ2) is 9.71. The summed E-state index contributed by atoms with van der Waals surface area (Å²) < 4.78 is 0. The van der Waals surface area contributed by atoms with E-state index in [-0.39, 0.29) is 5.91 Å². The van der Waals surface area contributed by atoms with Crippen molar-refractivity contribution in [2.45, 2.75) is 46.0 Å². The van der Waals surface area contributed by atoms with Gasteiger partial charge in [0.25, 0.3) is 0 Å². The quantitative estimate of drug-likeness (QED) is 0.796. The van der Waals surface area contributed by atoms with Crippen molar-refractivity contribution < 1.29 is 4.79 Å². The first-order chi connectivity index (χ1) is 11.1. The predicted molar refractivity (Wildman–Crippen MR) is 96.4 cm³/mol. The average Bonchev–Trinajstić information content (AvgIpc) is 2.55. The number of amides is 1. The summed E-state index contributed by atoms with van der Waals surface area (Å²) in [6.45, 7) is 8.37. The van der Waals surface area contributed by atoms with E-state index in [1.165, 1.54) is 24.8 Å². The Bertz CT molecular complexity index is 450. The van der Waals surface area contributed by atoms with Crippen LogP contribution < -0.4 is 5.32 Å². The van der Waals surface area contributed by atoms with Crippen LogP contribution in [0, 0.1) is 11.8 Å². The van der Waals surface area contributed by atoms with Crippen molar-refractivity contribution in [2.24, 2.45) is 11.8 Å². The van der Waals surface area contributed by atoms with Crippen molar-refractivity contribution in [1.29, 1.82) is 0 Å². The van der Waals surface area contributed by atoms with Gasteiger partial charge in [0.2, 0.25) is 5.91 Å².